The summed E-state index contributed by atoms with van der Waals surface area (Å²) in [7, 11) is 0. The predicted molar refractivity (Wildman–Crippen MR) is 44.7 cm³/mol. The van der Waals surface area contributed by atoms with Crippen LogP contribution in [0.2, 0.25) is 0 Å². The Bertz CT molecular complexity index is 192. The molecule has 1 rings (SSSR count). The number of esters is 1. The summed E-state index contributed by atoms with van der Waals surface area (Å²) >= 11 is 0. The Hall–Kier alpha value is -0.830. The first-order valence-electron chi connectivity index (χ1n) is 4.10. The highest BCUT2D eigenvalue weighted by Gasteiger charge is 2.30. The standard InChI is InChI=1S/C9H14O3/c1-3-12-8(10)4-5-9(2)6-11-7-9/h4-5H,3,6-7H2,1-2H3. The molecule has 1 saturated heterocycles. The molecular weight excluding hydrogens is 156 g/mol. The fourth-order valence-electron chi connectivity index (χ4n) is 0.980. The molecule has 0 saturated carbocycles. The van der Waals surface area contributed by atoms with Gasteiger partial charge in [-0.1, -0.05) is 13.0 Å². The molecule has 1 fully saturated rings. The van der Waals surface area contributed by atoms with Gasteiger partial charge in [-0.2, -0.15) is 0 Å². The maximum atomic E-state index is 10.9. The average molecular weight is 170 g/mol. The van der Waals surface area contributed by atoms with E-state index in [0.717, 1.165) is 0 Å². The molecule has 0 radical (unpaired) electrons. The first-order chi connectivity index (χ1) is 5.66. The van der Waals surface area contributed by atoms with E-state index in [1.54, 1.807) is 6.92 Å². The lowest BCUT2D eigenvalue weighted by atomic mass is 9.88. The highest BCUT2D eigenvalue weighted by atomic mass is 16.5. The van der Waals surface area contributed by atoms with Gasteiger partial charge in [0.05, 0.1) is 19.8 Å². The van der Waals surface area contributed by atoms with Crippen LogP contribution in [0.25, 0.3) is 0 Å². The third-order valence-electron chi connectivity index (χ3n) is 1.77. The number of carbonyl (C=O) groups excluding carboxylic acids is 1. The molecule has 0 bridgehead atoms. The molecule has 1 aliphatic rings. The van der Waals surface area contributed by atoms with Crippen LogP contribution in [0.3, 0.4) is 0 Å². The summed E-state index contributed by atoms with van der Waals surface area (Å²) in [5, 5.41) is 0. The largest absolute Gasteiger partial charge is 0.463 e. The van der Waals surface area contributed by atoms with E-state index < -0.39 is 0 Å². The van der Waals surface area contributed by atoms with Crippen LogP contribution in [0, 0.1) is 5.41 Å². The van der Waals surface area contributed by atoms with Crippen molar-refractivity contribution in [2.24, 2.45) is 5.41 Å². The minimum absolute atomic E-state index is 0.0484. The molecule has 1 aliphatic heterocycles. The van der Waals surface area contributed by atoms with Crippen molar-refractivity contribution in [1.82, 2.24) is 0 Å². The fourth-order valence-corrected chi connectivity index (χ4v) is 0.980. The van der Waals surface area contributed by atoms with Crippen LogP contribution in [0.15, 0.2) is 12.2 Å². The summed E-state index contributed by atoms with van der Waals surface area (Å²) in [6.07, 6.45) is 3.33. The second kappa shape index (κ2) is 3.72. The first kappa shape index (κ1) is 9.26. The van der Waals surface area contributed by atoms with Crippen molar-refractivity contribution in [3.63, 3.8) is 0 Å². The van der Waals surface area contributed by atoms with E-state index in [2.05, 4.69) is 0 Å². The lowest BCUT2D eigenvalue weighted by Crippen LogP contribution is -2.37. The molecule has 0 aromatic heterocycles. The molecular formula is C9H14O3. The Labute approximate surface area is 72.4 Å². The quantitative estimate of drug-likeness (QED) is 0.470. The molecule has 0 unspecified atom stereocenters. The van der Waals surface area contributed by atoms with Crippen LogP contribution in [-0.2, 0) is 14.3 Å². The highest BCUT2D eigenvalue weighted by Crippen LogP contribution is 2.27. The topological polar surface area (TPSA) is 35.5 Å². The fraction of sp³-hybridized carbons (Fsp3) is 0.667. The smallest absolute Gasteiger partial charge is 0.330 e. The Morgan fingerprint density at radius 1 is 1.67 bits per heavy atom. The van der Waals surface area contributed by atoms with Crippen molar-refractivity contribution in [2.75, 3.05) is 19.8 Å². The average Bonchev–Trinajstić information content (AvgIpc) is 1.98. The minimum atomic E-state index is -0.273. The lowest BCUT2D eigenvalue weighted by Gasteiger charge is -2.34. The van der Waals surface area contributed by atoms with Gasteiger partial charge in [-0.25, -0.2) is 4.79 Å². The summed E-state index contributed by atoms with van der Waals surface area (Å²) in [6.45, 7) is 5.66. The van der Waals surface area contributed by atoms with Crippen LogP contribution >= 0.6 is 0 Å². The summed E-state index contributed by atoms with van der Waals surface area (Å²) in [4.78, 5) is 10.9. The molecule has 68 valence electrons. The zero-order chi connectivity index (χ0) is 9.03. The molecule has 12 heavy (non-hydrogen) atoms. The van der Waals surface area contributed by atoms with Gasteiger partial charge in [0, 0.05) is 11.5 Å². The van der Waals surface area contributed by atoms with Gasteiger partial charge in [-0.15, -0.1) is 0 Å². The molecule has 0 amide bonds. The van der Waals surface area contributed by atoms with Crippen molar-refractivity contribution in [3.8, 4) is 0 Å². The zero-order valence-corrected chi connectivity index (χ0v) is 7.50. The maximum absolute atomic E-state index is 10.9. The van der Waals surface area contributed by atoms with Crippen LogP contribution in [0.4, 0.5) is 0 Å². The molecule has 0 N–H and O–H groups in total. The first-order valence-corrected chi connectivity index (χ1v) is 4.10. The van der Waals surface area contributed by atoms with Gasteiger partial charge in [0.1, 0.15) is 0 Å². The third kappa shape index (κ3) is 2.34. The SMILES string of the molecule is CCOC(=O)C=CC1(C)COC1. The molecule has 3 heteroatoms. The van der Waals surface area contributed by atoms with Crippen molar-refractivity contribution >= 4 is 5.97 Å². The highest BCUT2D eigenvalue weighted by molar-refractivity contribution is 5.82. The second-order valence-electron chi connectivity index (χ2n) is 3.23. The number of hydrogen-bond acceptors (Lipinski definition) is 3. The van der Waals surface area contributed by atoms with Crippen molar-refractivity contribution in [1.29, 1.82) is 0 Å². The van der Waals surface area contributed by atoms with Crippen LogP contribution in [-0.4, -0.2) is 25.8 Å². The van der Waals surface area contributed by atoms with Gasteiger partial charge in [-0.05, 0) is 6.92 Å². The van der Waals surface area contributed by atoms with E-state index in [1.165, 1.54) is 6.08 Å². The maximum Gasteiger partial charge on any atom is 0.330 e. The molecule has 0 atom stereocenters. The zero-order valence-electron chi connectivity index (χ0n) is 7.50. The van der Waals surface area contributed by atoms with Crippen molar-refractivity contribution in [3.05, 3.63) is 12.2 Å². The van der Waals surface area contributed by atoms with Gasteiger partial charge < -0.3 is 9.47 Å². The van der Waals surface area contributed by atoms with E-state index in [0.29, 0.717) is 19.8 Å². The van der Waals surface area contributed by atoms with Crippen molar-refractivity contribution in [2.45, 2.75) is 13.8 Å². The number of hydrogen-bond donors (Lipinski definition) is 0. The molecule has 1 heterocycles. The number of ether oxygens (including phenoxy) is 2. The molecule has 0 aliphatic carbocycles. The molecule has 0 aromatic carbocycles. The number of carbonyl (C=O) groups is 1. The van der Waals surface area contributed by atoms with Gasteiger partial charge in [0.25, 0.3) is 0 Å². The Morgan fingerprint density at radius 2 is 2.33 bits per heavy atom. The van der Waals surface area contributed by atoms with E-state index in [1.807, 2.05) is 13.0 Å². The Balaban J connectivity index is 2.33. The van der Waals surface area contributed by atoms with Gasteiger partial charge >= 0.3 is 5.97 Å². The van der Waals surface area contributed by atoms with E-state index in [4.69, 9.17) is 9.47 Å². The van der Waals surface area contributed by atoms with Crippen molar-refractivity contribution < 1.29 is 14.3 Å². The second-order valence-corrected chi connectivity index (χ2v) is 3.23. The van der Waals surface area contributed by atoms with E-state index in [-0.39, 0.29) is 11.4 Å². The molecule has 0 aromatic rings. The Morgan fingerprint density at radius 3 is 2.75 bits per heavy atom. The number of rotatable bonds is 3. The predicted octanol–water partition coefficient (Wildman–Crippen LogP) is 1.14. The normalized spacial score (nSPS) is 20.5. The van der Waals surface area contributed by atoms with E-state index >= 15 is 0 Å². The lowest BCUT2D eigenvalue weighted by molar-refractivity contribution is -0.137. The summed E-state index contributed by atoms with van der Waals surface area (Å²) in [5.41, 5.74) is 0.0484. The van der Waals surface area contributed by atoms with Crippen LogP contribution in [0.5, 0.6) is 0 Å². The molecule has 0 spiro atoms. The summed E-state index contributed by atoms with van der Waals surface area (Å²) in [5.74, 6) is -0.273. The van der Waals surface area contributed by atoms with E-state index in [9.17, 15) is 4.79 Å². The van der Waals surface area contributed by atoms with Crippen LogP contribution in [0.1, 0.15) is 13.8 Å². The van der Waals surface area contributed by atoms with Gasteiger partial charge in [-0.3, -0.25) is 0 Å². The monoisotopic (exact) mass is 170 g/mol. The minimum Gasteiger partial charge on any atom is -0.463 e. The molecule has 3 nitrogen and oxygen atoms in total. The van der Waals surface area contributed by atoms with Crippen LogP contribution < -0.4 is 0 Å². The van der Waals surface area contributed by atoms with Gasteiger partial charge in [0.15, 0.2) is 0 Å². The third-order valence-corrected chi connectivity index (χ3v) is 1.77. The Kier molecular flexibility index (Phi) is 2.87. The summed E-state index contributed by atoms with van der Waals surface area (Å²) in [6, 6.07) is 0. The van der Waals surface area contributed by atoms with Gasteiger partial charge in [0.2, 0.25) is 0 Å². The summed E-state index contributed by atoms with van der Waals surface area (Å²) < 4.78 is 9.77.